The van der Waals surface area contributed by atoms with Gasteiger partial charge in [0.15, 0.2) is 0 Å². The highest BCUT2D eigenvalue weighted by atomic mass is 16.5. The molecule has 2 saturated heterocycles. The monoisotopic (exact) mass is 576 g/mol. The summed E-state index contributed by atoms with van der Waals surface area (Å²) in [5, 5.41) is 3.80. The summed E-state index contributed by atoms with van der Waals surface area (Å²) in [7, 11) is 0. The lowest BCUT2D eigenvalue weighted by Crippen LogP contribution is -2.39. The van der Waals surface area contributed by atoms with E-state index in [0.717, 1.165) is 91.6 Å². The second-order valence-electron chi connectivity index (χ2n) is 12.0. The van der Waals surface area contributed by atoms with Crippen molar-refractivity contribution in [1.29, 1.82) is 0 Å². The van der Waals surface area contributed by atoms with E-state index in [4.69, 9.17) is 9.47 Å². The maximum absolute atomic E-state index is 12.6. The zero-order valence-electron chi connectivity index (χ0n) is 24.7. The largest absolute Gasteiger partial charge is 0.456 e. The fourth-order valence-corrected chi connectivity index (χ4v) is 6.64. The van der Waals surface area contributed by atoms with E-state index in [1.165, 1.54) is 24.1 Å². The van der Waals surface area contributed by atoms with Crippen LogP contribution in [0.25, 0.3) is 11.3 Å². The molecule has 7 rings (SSSR count). The van der Waals surface area contributed by atoms with Gasteiger partial charge in [-0.1, -0.05) is 42.5 Å². The third-order valence-electron chi connectivity index (χ3n) is 8.99. The molecule has 3 aliphatic rings. The number of fused-ring (bicyclic) bond motifs is 2. The Morgan fingerprint density at radius 3 is 2.53 bits per heavy atom. The molecule has 1 aromatic heterocycles. The summed E-state index contributed by atoms with van der Waals surface area (Å²) in [6.45, 7) is 6.37. The molecule has 3 aliphatic heterocycles. The molecular weight excluding hydrogens is 536 g/mol. The van der Waals surface area contributed by atoms with E-state index >= 15 is 0 Å². The minimum absolute atomic E-state index is 0.110. The number of rotatable bonds is 8. The van der Waals surface area contributed by atoms with Crippen LogP contribution >= 0.6 is 0 Å². The molecule has 7 heteroatoms. The van der Waals surface area contributed by atoms with Crippen LogP contribution in [0.5, 0.6) is 11.5 Å². The van der Waals surface area contributed by atoms with Crippen LogP contribution in [-0.4, -0.2) is 61.9 Å². The number of morpholine rings is 1. The van der Waals surface area contributed by atoms with Crippen molar-refractivity contribution in [2.45, 2.75) is 38.1 Å². The zero-order valence-corrected chi connectivity index (χ0v) is 24.7. The normalized spacial score (nSPS) is 17.2. The Morgan fingerprint density at radius 2 is 1.70 bits per heavy atom. The number of H-pyrrole nitrogens is 1. The third-order valence-corrected chi connectivity index (χ3v) is 8.99. The number of hydrogen-bond acceptors (Lipinski definition) is 6. The molecule has 0 bridgehead atoms. The van der Waals surface area contributed by atoms with Gasteiger partial charge in [0.1, 0.15) is 11.5 Å². The summed E-state index contributed by atoms with van der Waals surface area (Å²) >= 11 is 0. The summed E-state index contributed by atoms with van der Waals surface area (Å²) < 4.78 is 12.0. The second-order valence-corrected chi connectivity index (χ2v) is 12.0. The van der Waals surface area contributed by atoms with Gasteiger partial charge in [0, 0.05) is 67.2 Å². The van der Waals surface area contributed by atoms with Gasteiger partial charge in [-0.15, -0.1) is 0 Å². The number of nitrogens with zero attached hydrogens (tertiary/aromatic N) is 2. The highest BCUT2D eigenvalue weighted by Gasteiger charge is 2.24. The van der Waals surface area contributed by atoms with Gasteiger partial charge >= 0.3 is 0 Å². The minimum Gasteiger partial charge on any atom is -0.456 e. The van der Waals surface area contributed by atoms with Crippen LogP contribution in [-0.2, 0) is 17.6 Å². The van der Waals surface area contributed by atoms with E-state index in [1.807, 2.05) is 6.07 Å². The first-order valence-corrected chi connectivity index (χ1v) is 15.7. The van der Waals surface area contributed by atoms with Crippen molar-refractivity contribution in [2.24, 2.45) is 0 Å². The smallest absolute Gasteiger partial charge is 0.250 e. The molecular formula is C36H40N4O3. The fourth-order valence-electron chi connectivity index (χ4n) is 6.64. The number of aryl methyl sites for hydroxylation is 1. The number of nitrogens with one attached hydrogen (secondary N) is 2. The van der Waals surface area contributed by atoms with Crippen molar-refractivity contribution in [3.8, 4) is 22.8 Å². The maximum atomic E-state index is 12.6. The highest BCUT2D eigenvalue weighted by Crippen LogP contribution is 2.43. The van der Waals surface area contributed by atoms with Crippen LogP contribution in [0.2, 0.25) is 0 Å². The molecule has 0 atom stereocenters. The molecule has 0 saturated carbocycles. The number of pyridine rings is 1. The van der Waals surface area contributed by atoms with Crippen molar-refractivity contribution in [3.05, 3.63) is 106 Å². The molecule has 0 amide bonds. The summed E-state index contributed by atoms with van der Waals surface area (Å²) in [6.07, 6.45) is 5.48. The van der Waals surface area contributed by atoms with Crippen LogP contribution < -0.4 is 20.5 Å². The average Bonchev–Trinajstić information content (AvgIpc) is 3.05. The first-order chi connectivity index (χ1) is 21.2. The van der Waals surface area contributed by atoms with E-state index < -0.39 is 0 Å². The number of aromatic nitrogens is 1. The van der Waals surface area contributed by atoms with E-state index in [2.05, 4.69) is 86.8 Å². The van der Waals surface area contributed by atoms with Gasteiger partial charge in [-0.05, 0) is 73.7 Å². The first kappa shape index (κ1) is 27.7. The molecule has 4 aromatic rings. The lowest BCUT2D eigenvalue weighted by Gasteiger charge is -2.33. The fraction of sp³-hybridized carbons (Fsp3) is 0.361. The quantitative estimate of drug-likeness (QED) is 0.233. The van der Waals surface area contributed by atoms with Gasteiger partial charge in [0.05, 0.1) is 18.9 Å². The van der Waals surface area contributed by atoms with Crippen LogP contribution in [0.15, 0.2) is 83.7 Å². The second kappa shape index (κ2) is 12.7. The highest BCUT2D eigenvalue weighted by molar-refractivity contribution is 5.74. The summed E-state index contributed by atoms with van der Waals surface area (Å²) in [5.41, 5.74) is 7.40. The molecule has 43 heavy (non-hydrogen) atoms. The summed E-state index contributed by atoms with van der Waals surface area (Å²) in [4.78, 5) is 20.5. The number of piperidine rings is 1. The Kier molecular flexibility index (Phi) is 8.17. The molecule has 222 valence electrons. The van der Waals surface area contributed by atoms with Crippen molar-refractivity contribution in [2.75, 3.05) is 56.2 Å². The summed E-state index contributed by atoms with van der Waals surface area (Å²) in [6, 6.07) is 27.7. The lowest BCUT2D eigenvalue weighted by atomic mass is 9.95. The van der Waals surface area contributed by atoms with Crippen molar-refractivity contribution in [1.82, 2.24) is 9.88 Å². The van der Waals surface area contributed by atoms with Gasteiger partial charge in [0.2, 0.25) is 5.56 Å². The van der Waals surface area contributed by atoms with Crippen LogP contribution in [0.3, 0.4) is 0 Å². The molecule has 3 aromatic carbocycles. The van der Waals surface area contributed by atoms with E-state index in [-0.39, 0.29) is 5.56 Å². The molecule has 7 nitrogen and oxygen atoms in total. The first-order valence-electron chi connectivity index (χ1n) is 15.7. The van der Waals surface area contributed by atoms with Gasteiger partial charge < -0.3 is 29.6 Å². The summed E-state index contributed by atoms with van der Waals surface area (Å²) in [5.74, 6) is 1.70. The number of hydrogen-bond donors (Lipinski definition) is 2. The predicted molar refractivity (Wildman–Crippen MR) is 173 cm³/mol. The number of likely N-dealkylation sites (tertiary alicyclic amines) is 1. The maximum Gasteiger partial charge on any atom is 0.250 e. The van der Waals surface area contributed by atoms with Crippen molar-refractivity contribution < 1.29 is 9.47 Å². The molecule has 0 unspecified atom stereocenters. The van der Waals surface area contributed by atoms with E-state index in [0.29, 0.717) is 19.3 Å². The van der Waals surface area contributed by atoms with Gasteiger partial charge in [-0.25, -0.2) is 0 Å². The molecule has 0 radical (unpaired) electrons. The average molecular weight is 577 g/mol. The Bertz CT molecular complexity index is 1600. The topological polar surface area (TPSA) is 69.8 Å². The SMILES string of the molecule is O=c1cc(N2CCOCC2)cc(-c2cccc3c2Oc2ccc(NC4CCN(CCCc5ccccc5)CC4)cc2C3)[nH]1. The van der Waals surface area contributed by atoms with Crippen molar-refractivity contribution >= 4 is 11.4 Å². The van der Waals surface area contributed by atoms with Gasteiger partial charge in [-0.2, -0.15) is 0 Å². The Labute approximate surface area is 253 Å². The number of ether oxygens (including phenoxy) is 2. The molecule has 0 spiro atoms. The molecule has 4 heterocycles. The number of para-hydroxylation sites is 1. The van der Waals surface area contributed by atoms with Crippen LogP contribution in [0, 0.1) is 0 Å². The van der Waals surface area contributed by atoms with E-state index in [1.54, 1.807) is 6.07 Å². The zero-order chi connectivity index (χ0) is 29.0. The Morgan fingerprint density at radius 1 is 0.860 bits per heavy atom. The lowest BCUT2D eigenvalue weighted by molar-refractivity contribution is 0.122. The van der Waals surface area contributed by atoms with Crippen LogP contribution in [0.4, 0.5) is 11.4 Å². The Balaban J connectivity index is 0.989. The van der Waals surface area contributed by atoms with Gasteiger partial charge in [0.25, 0.3) is 0 Å². The molecule has 0 aliphatic carbocycles. The van der Waals surface area contributed by atoms with E-state index in [9.17, 15) is 4.79 Å². The van der Waals surface area contributed by atoms with Crippen LogP contribution in [0.1, 0.15) is 36.0 Å². The Hall–Kier alpha value is -4.07. The van der Waals surface area contributed by atoms with Crippen molar-refractivity contribution in [3.63, 3.8) is 0 Å². The number of anilines is 2. The number of benzene rings is 3. The predicted octanol–water partition coefficient (Wildman–Crippen LogP) is 6.08. The minimum atomic E-state index is -0.110. The third kappa shape index (κ3) is 6.48. The number of aromatic amines is 1. The molecule has 2 N–H and O–H groups in total. The molecule has 2 fully saturated rings. The van der Waals surface area contributed by atoms with Gasteiger partial charge in [-0.3, -0.25) is 4.79 Å². The standard InChI is InChI=1S/C36H40N4O3/c41-35-25-31(40-18-20-42-21-19-40)24-33(38-35)32-10-4-9-27-22-28-23-30(11-12-34(28)43-36(27)32)37-29-13-16-39(17-14-29)15-5-8-26-6-2-1-3-7-26/h1-4,6-7,9-12,23-25,29,37H,5,8,13-22H2,(H,38,41).